The van der Waals surface area contributed by atoms with Crippen molar-refractivity contribution in [2.24, 2.45) is 0 Å². The molecule has 0 saturated heterocycles. The second-order valence-electron chi connectivity index (χ2n) is 2.61. The summed E-state index contributed by atoms with van der Waals surface area (Å²) in [5.74, 6) is 0. The van der Waals surface area contributed by atoms with Crippen molar-refractivity contribution in [3.63, 3.8) is 0 Å². The first-order valence-electron chi connectivity index (χ1n) is 3.84. The highest BCUT2D eigenvalue weighted by Gasteiger charge is 2.11. The average molecular weight is 221 g/mol. The molecule has 0 bridgehead atoms. The lowest BCUT2D eigenvalue weighted by Gasteiger charge is -1.95. The summed E-state index contributed by atoms with van der Waals surface area (Å²) in [6.45, 7) is 0. The molecule has 2 heterocycles. The third kappa shape index (κ3) is 1.42. The summed E-state index contributed by atoms with van der Waals surface area (Å²) < 4.78 is 0. The number of thiophene rings is 2. The summed E-state index contributed by atoms with van der Waals surface area (Å²) in [7, 11) is 0. The molecule has 0 amide bonds. The molecule has 2 nitrogen and oxygen atoms in total. The number of aldehydes is 2. The van der Waals surface area contributed by atoms with Crippen LogP contribution in [0.3, 0.4) is 0 Å². The van der Waals surface area contributed by atoms with Gasteiger partial charge in [-0.3, -0.25) is 9.59 Å². The van der Waals surface area contributed by atoms with E-state index in [1.165, 1.54) is 22.7 Å². The average Bonchev–Trinajstić information content (AvgIpc) is 2.85. The minimum Gasteiger partial charge on any atom is -0.298 e. The second kappa shape index (κ2) is 3.86. The van der Waals surface area contributed by atoms with E-state index in [4.69, 9.17) is 0 Å². The number of hydrogen-bond acceptors (Lipinski definition) is 4. The van der Waals surface area contributed by atoms with Gasteiger partial charge in [0.1, 0.15) is 0 Å². The van der Waals surface area contributed by atoms with E-state index >= 15 is 0 Å². The molecule has 0 aliphatic carbocycles. The van der Waals surface area contributed by atoms with Crippen LogP contribution in [0, 0.1) is 5.38 Å². The van der Waals surface area contributed by atoms with Crippen molar-refractivity contribution < 1.29 is 9.59 Å². The van der Waals surface area contributed by atoms with Crippen LogP contribution < -0.4 is 0 Å². The molecule has 1 radical (unpaired) electrons. The Kier molecular flexibility index (Phi) is 2.56. The molecule has 0 atom stereocenters. The fraction of sp³-hybridized carbons (Fsp3) is 0. The van der Waals surface area contributed by atoms with E-state index in [-0.39, 0.29) is 0 Å². The first-order chi connectivity index (χ1) is 6.86. The molecule has 0 unspecified atom stereocenters. The van der Waals surface area contributed by atoms with Gasteiger partial charge in [-0.15, -0.1) is 22.7 Å². The van der Waals surface area contributed by atoms with Gasteiger partial charge in [-0.05, 0) is 11.4 Å². The van der Waals surface area contributed by atoms with Gasteiger partial charge in [-0.1, -0.05) is 0 Å². The van der Waals surface area contributed by atoms with Crippen LogP contribution in [0.1, 0.15) is 20.7 Å². The van der Waals surface area contributed by atoms with Crippen molar-refractivity contribution in [3.05, 3.63) is 33.3 Å². The molecule has 0 saturated carbocycles. The fourth-order valence-electron chi connectivity index (χ4n) is 1.16. The van der Waals surface area contributed by atoms with Crippen LogP contribution in [-0.4, -0.2) is 12.6 Å². The maximum absolute atomic E-state index is 10.7. The summed E-state index contributed by atoms with van der Waals surface area (Å²) in [6, 6.07) is 1.75. The standard InChI is InChI=1S/C10H5O2S2/c11-3-7-1-2-14-10(7)9-6-13-5-8(9)4-12/h1-4,6H. The van der Waals surface area contributed by atoms with E-state index in [2.05, 4.69) is 5.38 Å². The molecular formula is C10H5O2S2. The largest absolute Gasteiger partial charge is 0.298 e. The molecule has 2 aromatic rings. The van der Waals surface area contributed by atoms with Crippen molar-refractivity contribution in [3.8, 4) is 10.4 Å². The number of carbonyl (C=O) groups is 2. The van der Waals surface area contributed by atoms with Crippen LogP contribution in [0.25, 0.3) is 10.4 Å². The molecule has 14 heavy (non-hydrogen) atoms. The zero-order chi connectivity index (χ0) is 9.97. The maximum atomic E-state index is 10.7. The Morgan fingerprint density at radius 2 is 2.14 bits per heavy atom. The lowest BCUT2D eigenvalue weighted by molar-refractivity contribution is 0.111. The monoisotopic (exact) mass is 221 g/mol. The van der Waals surface area contributed by atoms with E-state index in [0.717, 1.165) is 23.0 Å². The topological polar surface area (TPSA) is 34.1 Å². The van der Waals surface area contributed by atoms with E-state index in [0.29, 0.717) is 11.1 Å². The Morgan fingerprint density at radius 1 is 1.29 bits per heavy atom. The third-order valence-electron chi connectivity index (χ3n) is 1.82. The Balaban J connectivity index is 2.59. The molecule has 2 rings (SSSR count). The molecule has 2 aromatic heterocycles. The van der Waals surface area contributed by atoms with Gasteiger partial charge in [0.25, 0.3) is 0 Å². The SMILES string of the molecule is O=Cc1[c]scc1-c1sccc1C=O. The summed E-state index contributed by atoms with van der Waals surface area (Å²) in [5, 5.41) is 6.53. The van der Waals surface area contributed by atoms with Crippen LogP contribution in [0.15, 0.2) is 16.8 Å². The van der Waals surface area contributed by atoms with E-state index < -0.39 is 0 Å². The first-order valence-corrected chi connectivity index (χ1v) is 5.60. The second-order valence-corrected chi connectivity index (χ2v) is 4.20. The quantitative estimate of drug-likeness (QED) is 0.747. The van der Waals surface area contributed by atoms with Gasteiger partial charge in [0.15, 0.2) is 12.6 Å². The summed E-state index contributed by atoms with van der Waals surface area (Å²) in [6.07, 6.45) is 1.57. The highest BCUT2D eigenvalue weighted by atomic mass is 32.1. The lowest BCUT2D eigenvalue weighted by atomic mass is 10.1. The van der Waals surface area contributed by atoms with Gasteiger partial charge in [0.2, 0.25) is 0 Å². The maximum Gasteiger partial charge on any atom is 0.152 e. The molecule has 0 N–H and O–H groups in total. The molecule has 0 fully saturated rings. The van der Waals surface area contributed by atoms with E-state index in [1.54, 1.807) is 6.07 Å². The molecular weight excluding hydrogens is 216 g/mol. The number of rotatable bonds is 3. The molecule has 69 valence electrons. The van der Waals surface area contributed by atoms with Crippen molar-refractivity contribution in [2.45, 2.75) is 0 Å². The molecule has 4 heteroatoms. The van der Waals surface area contributed by atoms with E-state index in [9.17, 15) is 9.59 Å². The van der Waals surface area contributed by atoms with Gasteiger partial charge >= 0.3 is 0 Å². The zero-order valence-electron chi connectivity index (χ0n) is 7.02. The van der Waals surface area contributed by atoms with Gasteiger partial charge in [-0.25, -0.2) is 0 Å². The smallest absolute Gasteiger partial charge is 0.152 e. The zero-order valence-corrected chi connectivity index (χ0v) is 8.65. The Bertz CT molecular complexity index is 424. The highest BCUT2D eigenvalue weighted by Crippen LogP contribution is 2.32. The summed E-state index contributed by atoms with van der Waals surface area (Å²) in [5.41, 5.74) is 1.97. The Hall–Kier alpha value is -1.26. The van der Waals surface area contributed by atoms with Crippen LogP contribution in [0.4, 0.5) is 0 Å². The van der Waals surface area contributed by atoms with Crippen molar-refractivity contribution in [1.29, 1.82) is 0 Å². The number of hydrogen-bond donors (Lipinski definition) is 0. The van der Waals surface area contributed by atoms with Crippen LogP contribution in [0.5, 0.6) is 0 Å². The predicted molar refractivity (Wildman–Crippen MR) is 57.2 cm³/mol. The van der Waals surface area contributed by atoms with Gasteiger partial charge < -0.3 is 0 Å². The Morgan fingerprint density at radius 3 is 2.86 bits per heavy atom. The fourth-order valence-corrected chi connectivity index (χ4v) is 2.84. The lowest BCUT2D eigenvalue weighted by Crippen LogP contribution is -1.82. The van der Waals surface area contributed by atoms with Gasteiger partial charge in [-0.2, -0.15) is 0 Å². The predicted octanol–water partition coefficient (Wildman–Crippen LogP) is 2.90. The highest BCUT2D eigenvalue weighted by molar-refractivity contribution is 7.14. The summed E-state index contributed by atoms with van der Waals surface area (Å²) >= 11 is 2.80. The van der Waals surface area contributed by atoms with Crippen LogP contribution in [-0.2, 0) is 0 Å². The number of carbonyl (C=O) groups excluding carboxylic acids is 2. The minimum absolute atomic E-state index is 0.528. The van der Waals surface area contributed by atoms with Crippen molar-refractivity contribution >= 4 is 35.2 Å². The third-order valence-corrected chi connectivity index (χ3v) is 3.48. The van der Waals surface area contributed by atoms with Crippen LogP contribution >= 0.6 is 22.7 Å². The van der Waals surface area contributed by atoms with Gasteiger partial charge in [0.05, 0.1) is 5.38 Å². The molecule has 0 aromatic carbocycles. The van der Waals surface area contributed by atoms with Crippen molar-refractivity contribution in [1.82, 2.24) is 0 Å². The first kappa shape index (κ1) is 9.30. The molecule has 0 aliphatic heterocycles. The summed E-state index contributed by atoms with van der Waals surface area (Å²) in [4.78, 5) is 22.2. The minimum atomic E-state index is 0.528. The molecule has 0 spiro atoms. The van der Waals surface area contributed by atoms with E-state index in [1.807, 2.05) is 10.8 Å². The normalized spacial score (nSPS) is 10.0. The Labute approximate surface area is 88.8 Å². The van der Waals surface area contributed by atoms with Gasteiger partial charge in [0, 0.05) is 26.9 Å². The van der Waals surface area contributed by atoms with Crippen LogP contribution in [0.2, 0.25) is 0 Å². The molecule has 0 aliphatic rings. The van der Waals surface area contributed by atoms with Crippen molar-refractivity contribution in [2.75, 3.05) is 0 Å².